The Kier molecular flexibility index (Phi) is 4.16. The van der Waals surface area contributed by atoms with E-state index in [1.807, 2.05) is 31.1 Å². The topological polar surface area (TPSA) is 82.6 Å². The lowest BCUT2D eigenvalue weighted by Crippen LogP contribution is -3.24. The van der Waals surface area contributed by atoms with E-state index in [4.69, 9.17) is 0 Å². The van der Waals surface area contributed by atoms with Crippen molar-refractivity contribution < 1.29 is 10.2 Å². The van der Waals surface area contributed by atoms with E-state index >= 15 is 0 Å². The zero-order chi connectivity index (χ0) is 15.9. The van der Waals surface area contributed by atoms with Crippen molar-refractivity contribution in [3.8, 4) is 0 Å². The van der Waals surface area contributed by atoms with Crippen molar-refractivity contribution in [3.63, 3.8) is 0 Å². The van der Waals surface area contributed by atoms with Crippen LogP contribution in [0, 0.1) is 16.3 Å². The minimum atomic E-state index is -0.222. The average Bonchev–Trinajstić information content (AvgIpc) is 2.81. The zero-order valence-electron chi connectivity index (χ0n) is 13.3. The predicted octanol–water partition coefficient (Wildman–Crippen LogP) is -1.11. The molecular weight excluding hydrogens is 282 g/mol. The molecule has 3 atom stereocenters. The first-order valence-electron chi connectivity index (χ1n) is 7.66. The standard InChI is InChI=1S/C15H23N5O2/c1-10-6-11-8-13-14(9-12(11)7-10)20(22)17-15(19(13)21)16-4-5-18(2)3/h8-10,19-20H,4-7H2,1-3H3,(H,16,17). The van der Waals surface area contributed by atoms with Gasteiger partial charge < -0.3 is 15.3 Å². The molecule has 0 spiro atoms. The summed E-state index contributed by atoms with van der Waals surface area (Å²) in [5.74, 6) is 0.746. The minimum absolute atomic E-state index is 0.171. The average molecular weight is 305 g/mol. The van der Waals surface area contributed by atoms with E-state index in [-0.39, 0.29) is 16.2 Å². The summed E-state index contributed by atoms with van der Waals surface area (Å²) in [6, 6.07) is 3.79. The number of rotatable bonds is 3. The molecular formula is C15H23N5O2. The molecule has 0 fully saturated rings. The summed E-state index contributed by atoms with van der Waals surface area (Å²) in [5.41, 5.74) is 6.02. The first kappa shape index (κ1) is 15.4. The van der Waals surface area contributed by atoms with Crippen LogP contribution in [0.1, 0.15) is 18.1 Å². The van der Waals surface area contributed by atoms with Crippen LogP contribution in [0.2, 0.25) is 0 Å². The van der Waals surface area contributed by atoms with E-state index < -0.39 is 0 Å². The smallest absolute Gasteiger partial charge is 0.347 e. The van der Waals surface area contributed by atoms with Gasteiger partial charge in [-0.1, -0.05) is 6.92 Å². The van der Waals surface area contributed by atoms with Crippen LogP contribution < -0.4 is 15.7 Å². The number of fused-ring (bicyclic) bond motifs is 2. The maximum atomic E-state index is 12.6. The van der Waals surface area contributed by atoms with Crippen molar-refractivity contribution in [2.75, 3.05) is 27.2 Å². The van der Waals surface area contributed by atoms with E-state index in [2.05, 4.69) is 17.3 Å². The molecule has 7 heteroatoms. The van der Waals surface area contributed by atoms with Crippen LogP contribution in [0.5, 0.6) is 0 Å². The Labute approximate surface area is 130 Å². The van der Waals surface area contributed by atoms with Gasteiger partial charge in [0.1, 0.15) is 0 Å². The second kappa shape index (κ2) is 5.94. The fourth-order valence-electron chi connectivity index (χ4n) is 3.10. The van der Waals surface area contributed by atoms with Gasteiger partial charge in [0, 0.05) is 18.7 Å². The van der Waals surface area contributed by atoms with E-state index in [0.29, 0.717) is 23.8 Å². The fourth-order valence-corrected chi connectivity index (χ4v) is 3.10. The molecule has 0 saturated heterocycles. The monoisotopic (exact) mass is 305 g/mol. The molecule has 1 heterocycles. The molecule has 0 radical (unpaired) electrons. The summed E-state index contributed by atoms with van der Waals surface area (Å²) in [4.78, 5) is 6.24. The summed E-state index contributed by atoms with van der Waals surface area (Å²) in [7, 11) is 3.89. The van der Waals surface area contributed by atoms with Crippen molar-refractivity contribution in [1.82, 2.24) is 10.3 Å². The Balaban J connectivity index is 1.88. The molecule has 0 amide bonds. The van der Waals surface area contributed by atoms with Crippen LogP contribution in [0.4, 0.5) is 11.4 Å². The SMILES string of the molecule is CC1Cc2cc3c(cc2C1)[NH+]([O-])C(=NCCN(C)C)N[NH+]3[O-]. The molecule has 0 saturated carbocycles. The maximum Gasteiger partial charge on any atom is 0.347 e. The number of hydrogen-bond donors (Lipinski definition) is 3. The highest BCUT2D eigenvalue weighted by Crippen LogP contribution is 2.31. The molecule has 2 aliphatic rings. The number of aliphatic imine (C=N–C) groups is 1. The summed E-state index contributed by atoms with van der Waals surface area (Å²) < 4.78 is 0. The van der Waals surface area contributed by atoms with Gasteiger partial charge in [-0.15, -0.1) is 0 Å². The van der Waals surface area contributed by atoms with Crippen LogP contribution in [-0.4, -0.2) is 38.0 Å². The minimum Gasteiger partial charge on any atom is -0.621 e. The van der Waals surface area contributed by atoms with Crippen molar-refractivity contribution in [3.05, 3.63) is 33.7 Å². The quantitative estimate of drug-likeness (QED) is 0.618. The number of benzene rings is 1. The summed E-state index contributed by atoms with van der Waals surface area (Å²) in [6.07, 6.45) is 1.96. The van der Waals surface area contributed by atoms with Crippen LogP contribution in [0.15, 0.2) is 17.1 Å². The van der Waals surface area contributed by atoms with Gasteiger partial charge in [0.25, 0.3) is 0 Å². The number of hydroxylamine groups is 1. The molecule has 0 aromatic heterocycles. The second-order valence-corrected chi connectivity index (χ2v) is 6.50. The largest absolute Gasteiger partial charge is 0.621 e. The van der Waals surface area contributed by atoms with Gasteiger partial charge in [-0.05, 0) is 44.0 Å². The van der Waals surface area contributed by atoms with Gasteiger partial charge >= 0.3 is 5.96 Å². The normalized spacial score (nSPS) is 28.6. The van der Waals surface area contributed by atoms with Crippen LogP contribution in [-0.2, 0) is 12.8 Å². The molecule has 1 aromatic rings. The van der Waals surface area contributed by atoms with Gasteiger partial charge in [0.2, 0.25) is 11.4 Å². The highest BCUT2D eigenvalue weighted by molar-refractivity contribution is 5.76. The number of hydrogen-bond acceptors (Lipinski definition) is 4. The molecule has 7 nitrogen and oxygen atoms in total. The Bertz CT molecular complexity index is 602. The molecule has 120 valence electrons. The molecule has 3 unspecified atom stereocenters. The molecule has 1 aromatic carbocycles. The number of nitrogens with zero attached hydrogens (tertiary/aromatic N) is 2. The van der Waals surface area contributed by atoms with Gasteiger partial charge in [0.05, 0.1) is 6.54 Å². The first-order chi connectivity index (χ1) is 10.5. The van der Waals surface area contributed by atoms with E-state index in [9.17, 15) is 10.4 Å². The molecule has 3 N–H and O–H groups in total. The lowest BCUT2D eigenvalue weighted by atomic mass is 10.1. The summed E-state index contributed by atoms with van der Waals surface area (Å²) in [5, 5.41) is 24.4. The molecule has 0 bridgehead atoms. The number of quaternary nitrogens is 2. The Hall–Kier alpha value is -1.51. The van der Waals surface area contributed by atoms with Gasteiger partial charge in [-0.3, -0.25) is 5.06 Å². The molecule has 1 aliphatic carbocycles. The van der Waals surface area contributed by atoms with E-state index in [1.165, 1.54) is 11.1 Å². The van der Waals surface area contributed by atoms with Gasteiger partial charge in [-0.2, -0.15) is 5.43 Å². The van der Waals surface area contributed by atoms with Crippen LogP contribution >= 0.6 is 0 Å². The first-order valence-corrected chi connectivity index (χ1v) is 7.66. The predicted molar refractivity (Wildman–Crippen MR) is 85.0 cm³/mol. The van der Waals surface area contributed by atoms with Gasteiger partial charge in [0.15, 0.2) is 0 Å². The van der Waals surface area contributed by atoms with Crippen LogP contribution in [0.25, 0.3) is 0 Å². The third-order valence-electron chi connectivity index (χ3n) is 4.23. The Morgan fingerprint density at radius 2 is 1.86 bits per heavy atom. The second-order valence-electron chi connectivity index (χ2n) is 6.50. The zero-order valence-corrected chi connectivity index (χ0v) is 13.3. The highest BCUT2D eigenvalue weighted by Gasteiger charge is 2.32. The number of guanidine groups is 1. The van der Waals surface area contributed by atoms with Gasteiger partial charge in [-0.25, -0.2) is 10.2 Å². The van der Waals surface area contributed by atoms with Crippen LogP contribution in [0.3, 0.4) is 0 Å². The lowest BCUT2D eigenvalue weighted by Gasteiger charge is -2.34. The van der Waals surface area contributed by atoms with E-state index in [1.54, 1.807) is 0 Å². The van der Waals surface area contributed by atoms with Crippen molar-refractivity contribution in [2.45, 2.75) is 19.8 Å². The third kappa shape index (κ3) is 2.86. The summed E-state index contributed by atoms with van der Waals surface area (Å²) in [6.45, 7) is 3.42. The van der Waals surface area contributed by atoms with Crippen molar-refractivity contribution in [2.24, 2.45) is 10.9 Å². The van der Waals surface area contributed by atoms with E-state index in [0.717, 1.165) is 19.4 Å². The Morgan fingerprint density at radius 1 is 1.23 bits per heavy atom. The van der Waals surface area contributed by atoms with Crippen molar-refractivity contribution in [1.29, 1.82) is 0 Å². The number of likely N-dealkylation sites (N-methyl/N-ethyl adjacent to an activating group) is 1. The molecule has 1 aliphatic heterocycles. The maximum absolute atomic E-state index is 12.6. The molecule has 3 rings (SSSR count). The molecule has 22 heavy (non-hydrogen) atoms. The summed E-state index contributed by atoms with van der Waals surface area (Å²) >= 11 is 0. The third-order valence-corrected chi connectivity index (χ3v) is 4.23. The fraction of sp³-hybridized carbons (Fsp3) is 0.533. The Morgan fingerprint density at radius 3 is 2.50 bits per heavy atom. The number of nitrogens with one attached hydrogen (secondary N) is 3. The highest BCUT2D eigenvalue weighted by atomic mass is 16.6. The lowest BCUT2D eigenvalue weighted by molar-refractivity contribution is -0.851. The van der Waals surface area contributed by atoms with Crippen molar-refractivity contribution >= 4 is 17.3 Å².